The molecule has 4 aliphatic carbocycles. The Morgan fingerprint density at radius 3 is 2.39 bits per heavy atom. The zero-order valence-corrected chi connectivity index (χ0v) is 32.3. The molecule has 5 aromatic rings. The van der Waals surface area contributed by atoms with Crippen molar-refractivity contribution in [1.82, 2.24) is 38.9 Å². The number of piperidine rings is 2. The van der Waals surface area contributed by atoms with E-state index in [-0.39, 0.29) is 35.4 Å². The number of imide groups is 1. The second-order valence-electron chi connectivity index (χ2n) is 17.3. The molecule has 0 unspecified atom stereocenters. The lowest BCUT2D eigenvalue weighted by Crippen LogP contribution is -2.68. The number of rotatable bonds is 8. The van der Waals surface area contributed by atoms with Gasteiger partial charge in [0.1, 0.15) is 23.2 Å². The van der Waals surface area contributed by atoms with Crippen LogP contribution in [0.4, 0.5) is 17.5 Å². The standard InChI is InChI=1S/C42H48N10O4/c1-48(2)38(55)32-19-25-20-44-39(47-36(25)51(32)27-7-4-5-8-27)45-33-13-11-28(21-43-33)50-17-15-26(16-18-50)41-22-42(23-41,24-41)29-9-6-10-30-35(29)49(3)40(56)52(30)31-12-14-34(53)46-37(31)54/h6,9-11,13,19-21,26-27,31H,4-5,7-8,12,14-18,22-24H2,1-3H3,(H,46,53,54)(H,43,44,45,47)/t31-,41?,42?/m1/s1. The molecule has 56 heavy (non-hydrogen) atoms. The highest BCUT2D eigenvalue weighted by Gasteiger charge is 2.70. The lowest BCUT2D eigenvalue weighted by molar-refractivity contribution is -0.185. The molecule has 0 radical (unpaired) electrons. The zero-order valence-electron chi connectivity index (χ0n) is 32.3. The van der Waals surface area contributed by atoms with Gasteiger partial charge in [0, 0.05) is 58.3 Å². The highest BCUT2D eigenvalue weighted by molar-refractivity contribution is 6.00. The Morgan fingerprint density at radius 1 is 0.929 bits per heavy atom. The van der Waals surface area contributed by atoms with Crippen molar-refractivity contribution < 1.29 is 14.4 Å². The van der Waals surface area contributed by atoms with Gasteiger partial charge in [0.2, 0.25) is 17.8 Å². The third-order valence-corrected chi connectivity index (χ3v) is 13.9. The number of aromatic nitrogens is 6. The van der Waals surface area contributed by atoms with E-state index in [1.54, 1.807) is 41.4 Å². The number of nitrogens with zero attached hydrogens (tertiary/aromatic N) is 8. The van der Waals surface area contributed by atoms with Crippen LogP contribution in [0.3, 0.4) is 0 Å². The molecule has 3 amide bonds. The fraction of sp³-hybridized carbons (Fsp3) is 0.500. The number of anilines is 3. The number of benzene rings is 1. The number of carbonyl (C=O) groups is 3. The summed E-state index contributed by atoms with van der Waals surface area (Å²) in [5.74, 6) is 1.08. The highest BCUT2D eigenvalue weighted by atomic mass is 16.2. The second kappa shape index (κ2) is 12.8. The van der Waals surface area contributed by atoms with E-state index in [9.17, 15) is 19.2 Å². The number of imidazole rings is 1. The molecule has 2 N–H and O–H groups in total. The Hall–Kier alpha value is -5.53. The Morgan fingerprint density at radius 2 is 1.70 bits per heavy atom. The lowest BCUT2D eigenvalue weighted by atomic mass is 9.30. The number of nitrogens with one attached hydrogen (secondary N) is 2. The first kappa shape index (κ1) is 34.9. The first-order chi connectivity index (χ1) is 27.0. The highest BCUT2D eigenvalue weighted by Crippen LogP contribution is 2.77. The van der Waals surface area contributed by atoms with E-state index in [2.05, 4.69) is 37.2 Å². The van der Waals surface area contributed by atoms with Gasteiger partial charge >= 0.3 is 5.69 Å². The van der Waals surface area contributed by atoms with Gasteiger partial charge in [-0.2, -0.15) is 4.98 Å². The van der Waals surface area contributed by atoms with Crippen LogP contribution in [0.25, 0.3) is 22.1 Å². The predicted octanol–water partition coefficient (Wildman–Crippen LogP) is 5.36. The summed E-state index contributed by atoms with van der Waals surface area (Å²) < 4.78 is 5.43. The van der Waals surface area contributed by atoms with Gasteiger partial charge < -0.3 is 19.7 Å². The monoisotopic (exact) mass is 756 g/mol. The Kier molecular flexibility index (Phi) is 7.95. The zero-order chi connectivity index (χ0) is 38.5. The number of hydrogen-bond acceptors (Lipinski definition) is 9. The number of amides is 3. The van der Waals surface area contributed by atoms with E-state index >= 15 is 0 Å². The molecule has 11 rings (SSSR count). The fourth-order valence-corrected chi connectivity index (χ4v) is 11.2. The maximum Gasteiger partial charge on any atom is 0.329 e. The molecular weight excluding hydrogens is 709 g/mol. The van der Waals surface area contributed by atoms with E-state index in [1.165, 1.54) is 5.56 Å². The van der Waals surface area contributed by atoms with Gasteiger partial charge in [-0.25, -0.2) is 14.8 Å². The van der Waals surface area contributed by atoms with Gasteiger partial charge in [-0.1, -0.05) is 25.0 Å². The van der Waals surface area contributed by atoms with Crippen LogP contribution in [0.2, 0.25) is 0 Å². The number of fused-ring (bicyclic) bond motifs is 2. The van der Waals surface area contributed by atoms with Crippen molar-refractivity contribution in [3.8, 4) is 0 Å². The van der Waals surface area contributed by atoms with E-state index in [4.69, 9.17) is 9.97 Å². The molecule has 2 bridgehead atoms. The van der Waals surface area contributed by atoms with Gasteiger partial charge in [0.25, 0.3) is 5.91 Å². The molecule has 2 saturated heterocycles. The molecule has 14 heteroatoms. The van der Waals surface area contributed by atoms with Crippen LogP contribution in [0.15, 0.2) is 53.6 Å². The predicted molar refractivity (Wildman–Crippen MR) is 212 cm³/mol. The molecule has 6 aliphatic rings. The Labute approximate surface area is 324 Å². The van der Waals surface area contributed by atoms with Crippen molar-refractivity contribution in [1.29, 1.82) is 0 Å². The van der Waals surface area contributed by atoms with E-state index in [0.717, 1.165) is 98.6 Å². The second-order valence-corrected chi connectivity index (χ2v) is 17.3. The summed E-state index contributed by atoms with van der Waals surface area (Å²) in [6.07, 6.45) is 14.3. The summed E-state index contributed by atoms with van der Waals surface area (Å²) in [6.45, 7) is 1.97. The van der Waals surface area contributed by atoms with Gasteiger partial charge in [-0.3, -0.25) is 28.8 Å². The molecule has 6 heterocycles. The Balaban J connectivity index is 0.794. The SMILES string of the molecule is CN(C)C(=O)c1cc2cnc(Nc3ccc(N4CCC(C56CC(c7cccc8c7n(C)c(=O)n8[C@@H]7CCC(=O)NC7=O)(C5)C6)CC4)cn3)nc2n1C1CCCC1. The molecule has 1 aromatic carbocycles. The smallest absolute Gasteiger partial charge is 0.329 e. The molecular formula is C42H48N10O4. The molecule has 4 saturated carbocycles. The number of pyridine rings is 1. The maximum absolute atomic E-state index is 13.5. The Bertz CT molecular complexity index is 2460. The number of aryl methyl sites for hydroxylation is 1. The average Bonchev–Trinajstić information content (AvgIpc) is 3.88. The minimum absolute atomic E-state index is 0.0257. The van der Waals surface area contributed by atoms with Crippen molar-refractivity contribution in [2.75, 3.05) is 37.4 Å². The van der Waals surface area contributed by atoms with Crippen LogP contribution >= 0.6 is 0 Å². The summed E-state index contributed by atoms with van der Waals surface area (Å²) >= 11 is 0. The maximum atomic E-state index is 13.5. The first-order valence-corrected chi connectivity index (χ1v) is 20.2. The lowest BCUT2D eigenvalue weighted by Gasteiger charge is -2.74. The van der Waals surface area contributed by atoms with Crippen molar-refractivity contribution in [3.63, 3.8) is 0 Å². The van der Waals surface area contributed by atoms with Gasteiger partial charge in [-0.15, -0.1) is 0 Å². The van der Waals surface area contributed by atoms with Crippen molar-refractivity contribution in [2.24, 2.45) is 18.4 Å². The summed E-state index contributed by atoms with van der Waals surface area (Å²) in [4.78, 5) is 69.5. The minimum atomic E-state index is -0.675. The van der Waals surface area contributed by atoms with Crippen molar-refractivity contribution in [3.05, 3.63) is 70.5 Å². The van der Waals surface area contributed by atoms with Crippen LogP contribution in [0.5, 0.6) is 0 Å². The van der Waals surface area contributed by atoms with Crippen LogP contribution in [0, 0.1) is 11.3 Å². The summed E-state index contributed by atoms with van der Waals surface area (Å²) in [6, 6.07) is 11.7. The summed E-state index contributed by atoms with van der Waals surface area (Å²) in [5.41, 5.74) is 5.69. The van der Waals surface area contributed by atoms with E-state index in [1.807, 2.05) is 30.5 Å². The summed E-state index contributed by atoms with van der Waals surface area (Å²) in [5, 5.41) is 6.58. The van der Waals surface area contributed by atoms with Crippen LogP contribution in [-0.2, 0) is 22.1 Å². The van der Waals surface area contributed by atoms with E-state index in [0.29, 0.717) is 35.2 Å². The summed E-state index contributed by atoms with van der Waals surface area (Å²) in [7, 11) is 5.37. The normalized spacial score (nSPS) is 25.3. The largest absolute Gasteiger partial charge is 0.370 e. The number of para-hydroxylation sites is 1. The number of carbonyl (C=O) groups excluding carboxylic acids is 3. The van der Waals surface area contributed by atoms with Gasteiger partial charge in [-0.05, 0) is 97.9 Å². The molecule has 0 spiro atoms. The molecule has 6 fully saturated rings. The first-order valence-electron chi connectivity index (χ1n) is 20.2. The third kappa shape index (κ3) is 5.31. The number of hydrogen-bond donors (Lipinski definition) is 2. The van der Waals surface area contributed by atoms with E-state index < -0.39 is 11.9 Å². The van der Waals surface area contributed by atoms with Crippen LogP contribution in [0.1, 0.15) is 98.8 Å². The quantitative estimate of drug-likeness (QED) is 0.200. The average molecular weight is 757 g/mol. The van der Waals surface area contributed by atoms with Gasteiger partial charge in [0.15, 0.2) is 0 Å². The van der Waals surface area contributed by atoms with Gasteiger partial charge in [0.05, 0.1) is 22.9 Å². The molecule has 14 nitrogen and oxygen atoms in total. The molecule has 4 aromatic heterocycles. The minimum Gasteiger partial charge on any atom is -0.370 e. The molecule has 1 atom stereocenters. The fourth-order valence-electron chi connectivity index (χ4n) is 11.2. The molecule has 290 valence electrons. The third-order valence-electron chi connectivity index (χ3n) is 13.9. The van der Waals surface area contributed by atoms with Crippen LogP contribution in [-0.4, -0.2) is 78.5 Å². The van der Waals surface area contributed by atoms with Crippen molar-refractivity contribution >= 4 is 57.2 Å². The van der Waals surface area contributed by atoms with Crippen molar-refractivity contribution in [2.45, 2.75) is 88.1 Å². The van der Waals surface area contributed by atoms with Crippen LogP contribution < -0.4 is 21.2 Å². The molecule has 2 aliphatic heterocycles. The topological polar surface area (TPSA) is 152 Å².